The second-order valence-corrected chi connectivity index (χ2v) is 13.1. The first-order chi connectivity index (χ1) is 20.4. The summed E-state index contributed by atoms with van der Waals surface area (Å²) in [6.45, 7) is 1.02. The van der Waals surface area contributed by atoms with E-state index in [9.17, 15) is 26.7 Å². The fourth-order valence-electron chi connectivity index (χ4n) is 4.74. The smallest absolute Gasteiger partial charge is 0.393 e. The Balaban J connectivity index is 1.53. The first-order valence-electron chi connectivity index (χ1n) is 13.7. The molecule has 0 aliphatic carbocycles. The Hall–Kier alpha value is -3.06. The molecule has 4 rings (SSSR count). The van der Waals surface area contributed by atoms with Gasteiger partial charge in [0.1, 0.15) is 5.75 Å². The maximum atomic E-state index is 13.6. The van der Waals surface area contributed by atoms with Gasteiger partial charge in [0.25, 0.3) is 0 Å². The zero-order chi connectivity index (χ0) is 31.2. The first kappa shape index (κ1) is 32.8. The van der Waals surface area contributed by atoms with Crippen molar-refractivity contribution in [3.63, 3.8) is 0 Å². The van der Waals surface area contributed by atoms with Gasteiger partial charge in [0, 0.05) is 18.7 Å². The van der Waals surface area contributed by atoms with Crippen LogP contribution in [0.15, 0.2) is 41.3 Å². The zero-order valence-corrected chi connectivity index (χ0v) is 25.4. The number of likely N-dealkylation sites (tertiary alicyclic amines) is 1. The molecule has 3 aromatic rings. The van der Waals surface area contributed by atoms with Crippen molar-refractivity contribution in [1.29, 1.82) is 0 Å². The van der Waals surface area contributed by atoms with E-state index in [0.29, 0.717) is 16.0 Å². The van der Waals surface area contributed by atoms with Crippen LogP contribution in [-0.2, 0) is 16.4 Å². The van der Waals surface area contributed by atoms with E-state index in [-0.39, 0.29) is 35.3 Å². The van der Waals surface area contributed by atoms with Crippen LogP contribution in [0.5, 0.6) is 5.75 Å². The van der Waals surface area contributed by atoms with Crippen LogP contribution in [0, 0.1) is 11.8 Å². The lowest BCUT2D eigenvalue weighted by Crippen LogP contribution is -2.36. The first-order valence-corrected chi connectivity index (χ1v) is 16.0. The largest absolute Gasteiger partial charge is 0.495 e. The summed E-state index contributed by atoms with van der Waals surface area (Å²) in [5.74, 6) is 6.02. The molecule has 0 radical (unpaired) electrons. The number of hydrogen-bond acceptors (Lipinski definition) is 9. The van der Waals surface area contributed by atoms with Crippen LogP contribution in [-0.4, -0.2) is 88.8 Å². The van der Waals surface area contributed by atoms with Crippen molar-refractivity contribution >= 4 is 42.8 Å². The van der Waals surface area contributed by atoms with E-state index in [0.717, 1.165) is 36.3 Å². The molecule has 1 aliphatic rings. The van der Waals surface area contributed by atoms with E-state index in [2.05, 4.69) is 39.1 Å². The van der Waals surface area contributed by atoms with Gasteiger partial charge in [-0.25, -0.2) is 13.1 Å². The summed E-state index contributed by atoms with van der Waals surface area (Å²) < 4.78 is 74.1. The van der Waals surface area contributed by atoms with E-state index in [1.807, 2.05) is 6.07 Å². The van der Waals surface area contributed by atoms with Crippen LogP contribution in [0.1, 0.15) is 23.3 Å². The molecule has 0 amide bonds. The Bertz CT molecular complexity index is 1580. The van der Waals surface area contributed by atoms with Crippen molar-refractivity contribution in [2.45, 2.75) is 42.5 Å². The van der Waals surface area contributed by atoms with Gasteiger partial charge in [0.05, 0.1) is 58.6 Å². The molecule has 0 spiro atoms. The standard InChI is InChI=1S/C29H35F3N4O5S2/c1-36-13-10-19(11-14-36)35-25-6-3-5-22-23(16-29(30,31)32)27(42-28(22)25)7-4-12-33-24-9-8-21(15-26(24)41-2)43(39,40)34-17-20(38)18-37/h3,5-6,8-9,15,19-20,33-35,37-38H,10-14,16-18H2,1-2H3. The van der Waals surface area contributed by atoms with Gasteiger partial charge in [0.2, 0.25) is 10.0 Å². The summed E-state index contributed by atoms with van der Waals surface area (Å²) in [7, 11) is -0.543. The quantitative estimate of drug-likeness (QED) is 0.202. The molecule has 1 atom stereocenters. The zero-order valence-electron chi connectivity index (χ0n) is 23.8. The second-order valence-electron chi connectivity index (χ2n) is 10.3. The molecule has 1 aliphatic heterocycles. The Morgan fingerprint density at radius 2 is 1.93 bits per heavy atom. The number of thiophene rings is 1. The number of sulfonamides is 1. The van der Waals surface area contributed by atoms with Crippen LogP contribution in [0.2, 0.25) is 0 Å². The monoisotopic (exact) mass is 640 g/mol. The average molecular weight is 641 g/mol. The molecule has 5 N–H and O–H groups in total. The number of halogens is 3. The number of methoxy groups -OCH3 is 1. The van der Waals surface area contributed by atoms with Gasteiger partial charge < -0.3 is 30.5 Å². The van der Waals surface area contributed by atoms with E-state index < -0.39 is 35.3 Å². The van der Waals surface area contributed by atoms with Gasteiger partial charge in [-0.15, -0.1) is 11.3 Å². The molecule has 2 aromatic carbocycles. The van der Waals surface area contributed by atoms with Crippen molar-refractivity contribution < 1.29 is 36.5 Å². The van der Waals surface area contributed by atoms with Crippen LogP contribution in [0.3, 0.4) is 0 Å². The molecule has 1 fully saturated rings. The Morgan fingerprint density at radius 3 is 2.60 bits per heavy atom. The number of benzene rings is 2. The molecule has 234 valence electrons. The molecule has 9 nitrogen and oxygen atoms in total. The highest BCUT2D eigenvalue weighted by Gasteiger charge is 2.31. The summed E-state index contributed by atoms with van der Waals surface area (Å²) in [4.78, 5) is 2.48. The predicted octanol–water partition coefficient (Wildman–Crippen LogP) is 3.62. The number of ether oxygens (including phenoxy) is 1. The summed E-state index contributed by atoms with van der Waals surface area (Å²) in [5, 5.41) is 25.4. The van der Waals surface area contributed by atoms with Crippen molar-refractivity contribution in [2.24, 2.45) is 0 Å². The number of alkyl halides is 3. The van der Waals surface area contributed by atoms with Crippen LogP contribution < -0.4 is 20.1 Å². The van der Waals surface area contributed by atoms with Crippen LogP contribution in [0.4, 0.5) is 24.5 Å². The molecule has 0 bridgehead atoms. The minimum absolute atomic E-state index is 0.0593. The van der Waals surface area contributed by atoms with Gasteiger partial charge in [-0.1, -0.05) is 24.0 Å². The fourth-order valence-corrected chi connectivity index (χ4v) is 7.00. The molecule has 2 heterocycles. The van der Waals surface area contributed by atoms with Crippen molar-refractivity contribution in [3.05, 3.63) is 46.8 Å². The Labute approximate surface area is 253 Å². The van der Waals surface area contributed by atoms with Gasteiger partial charge >= 0.3 is 6.18 Å². The number of piperidine rings is 1. The molecule has 43 heavy (non-hydrogen) atoms. The minimum Gasteiger partial charge on any atom is -0.495 e. The van der Waals surface area contributed by atoms with Gasteiger partial charge in [-0.3, -0.25) is 0 Å². The minimum atomic E-state index is -4.40. The molecule has 0 saturated carbocycles. The number of hydrogen-bond donors (Lipinski definition) is 5. The number of aliphatic hydroxyl groups is 2. The summed E-state index contributed by atoms with van der Waals surface area (Å²) in [6.07, 6.45) is -4.83. The lowest BCUT2D eigenvalue weighted by atomic mass is 10.0. The number of rotatable bonds is 11. The molecule has 1 aromatic heterocycles. The highest BCUT2D eigenvalue weighted by Crippen LogP contribution is 2.39. The van der Waals surface area contributed by atoms with Gasteiger partial charge in [-0.2, -0.15) is 13.2 Å². The summed E-state index contributed by atoms with van der Waals surface area (Å²) >= 11 is 1.24. The number of nitrogens with one attached hydrogen (secondary N) is 3. The number of fused-ring (bicyclic) bond motifs is 1. The molecule has 1 unspecified atom stereocenters. The fraction of sp³-hybridized carbons (Fsp3) is 0.448. The van der Waals surface area contributed by atoms with E-state index in [4.69, 9.17) is 9.84 Å². The van der Waals surface area contributed by atoms with E-state index in [1.165, 1.54) is 36.6 Å². The molecule has 14 heteroatoms. The molecule has 1 saturated heterocycles. The lowest BCUT2D eigenvalue weighted by molar-refractivity contribution is -0.126. The van der Waals surface area contributed by atoms with Crippen molar-refractivity contribution in [2.75, 3.05) is 57.6 Å². The SMILES string of the molecule is COc1cc(S(=O)(=O)NCC(O)CO)ccc1NCC#Cc1sc2c(NC3CCN(C)CC3)cccc2c1CC(F)(F)F. The lowest BCUT2D eigenvalue weighted by Gasteiger charge is -2.30. The van der Waals surface area contributed by atoms with E-state index in [1.54, 1.807) is 12.1 Å². The summed E-state index contributed by atoms with van der Waals surface area (Å²) in [5.41, 5.74) is 1.40. The summed E-state index contributed by atoms with van der Waals surface area (Å²) in [6, 6.07) is 9.71. The number of aliphatic hydroxyl groups excluding tert-OH is 2. The van der Waals surface area contributed by atoms with Crippen LogP contribution in [0.25, 0.3) is 10.1 Å². The third kappa shape index (κ3) is 8.75. The highest BCUT2D eigenvalue weighted by molar-refractivity contribution is 7.89. The predicted molar refractivity (Wildman–Crippen MR) is 162 cm³/mol. The highest BCUT2D eigenvalue weighted by atomic mass is 32.2. The number of nitrogens with zero attached hydrogens (tertiary/aromatic N) is 1. The van der Waals surface area contributed by atoms with Gasteiger partial charge in [-0.05, 0) is 62.1 Å². The topological polar surface area (TPSA) is 123 Å². The average Bonchev–Trinajstić information content (AvgIpc) is 3.31. The normalized spacial score (nSPS) is 15.6. The van der Waals surface area contributed by atoms with Crippen molar-refractivity contribution in [3.8, 4) is 17.6 Å². The maximum Gasteiger partial charge on any atom is 0.393 e. The van der Waals surface area contributed by atoms with Crippen molar-refractivity contribution in [1.82, 2.24) is 9.62 Å². The maximum absolute atomic E-state index is 13.6. The third-order valence-electron chi connectivity index (χ3n) is 7.05. The Kier molecular flexibility index (Phi) is 10.8. The van der Waals surface area contributed by atoms with Gasteiger partial charge in [0.15, 0.2) is 0 Å². The molecular formula is C29H35F3N4O5S2. The second kappa shape index (κ2) is 14.1. The van der Waals surface area contributed by atoms with E-state index >= 15 is 0 Å². The number of anilines is 2. The Morgan fingerprint density at radius 1 is 1.19 bits per heavy atom. The molecular weight excluding hydrogens is 605 g/mol. The third-order valence-corrected chi connectivity index (χ3v) is 9.66. The van der Waals surface area contributed by atoms with Crippen LogP contribution >= 0.6 is 11.3 Å².